The second-order valence-corrected chi connectivity index (χ2v) is 6.40. The van der Waals surface area contributed by atoms with Crippen molar-refractivity contribution in [1.82, 2.24) is 14.5 Å². The summed E-state index contributed by atoms with van der Waals surface area (Å²) in [6.07, 6.45) is 2.32. The van der Waals surface area contributed by atoms with Crippen molar-refractivity contribution in [3.63, 3.8) is 0 Å². The lowest BCUT2D eigenvalue weighted by Crippen LogP contribution is -2.38. The molecule has 1 unspecified atom stereocenters. The van der Waals surface area contributed by atoms with Crippen LogP contribution in [0.25, 0.3) is 0 Å². The van der Waals surface area contributed by atoms with Crippen molar-refractivity contribution in [3.8, 4) is 0 Å². The van der Waals surface area contributed by atoms with Crippen LogP contribution < -0.4 is 0 Å². The summed E-state index contributed by atoms with van der Waals surface area (Å²) in [4.78, 5) is 6.64. The molecule has 3 rings (SSSR count). The maximum Gasteiger partial charge on any atom is 0.0949 e. The molecular weight excluding hydrogens is 314 g/mol. The zero-order chi connectivity index (χ0) is 16.2. The fraction of sp³-hybridized carbons (Fsp3) is 0.471. The van der Waals surface area contributed by atoms with E-state index in [1.165, 1.54) is 5.69 Å². The lowest BCUT2D eigenvalue weighted by Gasteiger charge is -2.28. The van der Waals surface area contributed by atoms with E-state index in [1.54, 1.807) is 0 Å². The molecule has 1 aliphatic heterocycles. The van der Waals surface area contributed by atoms with Gasteiger partial charge in [0.05, 0.1) is 31.3 Å². The second-order valence-electron chi connectivity index (χ2n) is 5.99. The summed E-state index contributed by atoms with van der Waals surface area (Å²) in [5.74, 6) is 0. The number of aryl methyl sites for hydroxylation is 1. The molecule has 1 aromatic carbocycles. The maximum absolute atomic E-state index is 10.2. The number of hydrogen-bond acceptors (Lipinski definition) is 4. The third kappa shape index (κ3) is 4.12. The van der Waals surface area contributed by atoms with Crippen LogP contribution in [0.15, 0.2) is 30.6 Å². The van der Waals surface area contributed by atoms with Crippen molar-refractivity contribution >= 4 is 11.6 Å². The van der Waals surface area contributed by atoms with Crippen molar-refractivity contribution in [2.24, 2.45) is 7.05 Å². The van der Waals surface area contributed by atoms with Gasteiger partial charge < -0.3 is 14.4 Å². The zero-order valence-corrected chi connectivity index (χ0v) is 14.0. The molecule has 124 valence electrons. The number of aliphatic hydroxyl groups is 1. The fourth-order valence-corrected chi connectivity index (χ4v) is 3.13. The maximum atomic E-state index is 10.2. The van der Waals surface area contributed by atoms with Gasteiger partial charge >= 0.3 is 0 Å². The normalized spacial score (nSPS) is 16.3. The number of β-amino-alcohol motifs (C(OH)–C–C–N with tert-alkyl or cyclic N) is 1. The molecule has 2 heterocycles. The predicted octanol–water partition coefficient (Wildman–Crippen LogP) is 2.01. The Morgan fingerprint density at radius 1 is 1.39 bits per heavy atom. The summed E-state index contributed by atoms with van der Waals surface area (Å²) in [5, 5.41) is 10.9. The number of imidazole rings is 1. The third-order valence-electron chi connectivity index (χ3n) is 4.18. The van der Waals surface area contributed by atoms with Gasteiger partial charge in [-0.25, -0.2) is 4.98 Å². The molecule has 1 aliphatic rings. The van der Waals surface area contributed by atoms with Gasteiger partial charge in [0.2, 0.25) is 0 Å². The quantitative estimate of drug-likeness (QED) is 0.877. The molecule has 1 N–H and O–H groups in total. The highest BCUT2D eigenvalue weighted by molar-refractivity contribution is 6.31. The highest BCUT2D eigenvalue weighted by Crippen LogP contribution is 2.18. The molecule has 23 heavy (non-hydrogen) atoms. The van der Waals surface area contributed by atoms with Gasteiger partial charge in [0.25, 0.3) is 0 Å². The van der Waals surface area contributed by atoms with E-state index in [-0.39, 0.29) is 0 Å². The molecule has 0 aliphatic carbocycles. The van der Waals surface area contributed by atoms with Crippen molar-refractivity contribution in [2.75, 3.05) is 19.7 Å². The number of aliphatic hydroxyl groups excluding tert-OH is 1. The Hall–Kier alpha value is -1.40. The van der Waals surface area contributed by atoms with Crippen LogP contribution >= 0.6 is 11.6 Å². The van der Waals surface area contributed by atoms with Crippen LogP contribution in [0, 0.1) is 0 Å². The average Bonchev–Trinajstić information content (AvgIpc) is 2.90. The summed E-state index contributed by atoms with van der Waals surface area (Å²) in [6.45, 7) is 3.04. The summed E-state index contributed by atoms with van der Waals surface area (Å²) >= 11 is 6.09. The van der Waals surface area contributed by atoms with E-state index in [0.717, 1.165) is 30.8 Å². The zero-order valence-electron chi connectivity index (χ0n) is 13.3. The van der Waals surface area contributed by atoms with Gasteiger partial charge in [-0.2, -0.15) is 0 Å². The van der Waals surface area contributed by atoms with E-state index in [0.29, 0.717) is 24.8 Å². The predicted molar refractivity (Wildman–Crippen MR) is 89.3 cm³/mol. The van der Waals surface area contributed by atoms with Crippen molar-refractivity contribution < 1.29 is 9.84 Å². The minimum Gasteiger partial charge on any atom is -0.389 e. The molecule has 0 fully saturated rings. The van der Waals surface area contributed by atoms with Gasteiger partial charge in [-0.1, -0.05) is 29.8 Å². The monoisotopic (exact) mass is 335 g/mol. The van der Waals surface area contributed by atoms with Crippen LogP contribution in [0.4, 0.5) is 0 Å². The summed E-state index contributed by atoms with van der Waals surface area (Å²) < 4.78 is 7.68. The van der Waals surface area contributed by atoms with Gasteiger partial charge in [0.15, 0.2) is 0 Å². The molecule has 5 nitrogen and oxygen atoms in total. The molecule has 0 saturated heterocycles. The lowest BCUT2D eigenvalue weighted by atomic mass is 10.1. The Balaban J connectivity index is 1.43. The minimum atomic E-state index is -0.511. The van der Waals surface area contributed by atoms with E-state index in [9.17, 15) is 5.11 Å². The topological polar surface area (TPSA) is 50.5 Å². The average molecular weight is 336 g/mol. The highest BCUT2D eigenvalue weighted by atomic mass is 35.5. The highest BCUT2D eigenvalue weighted by Gasteiger charge is 2.21. The van der Waals surface area contributed by atoms with Gasteiger partial charge in [-0.3, -0.25) is 4.90 Å². The van der Waals surface area contributed by atoms with Gasteiger partial charge in [-0.05, 0) is 11.6 Å². The smallest absolute Gasteiger partial charge is 0.0949 e. The van der Waals surface area contributed by atoms with Crippen LogP contribution in [0.1, 0.15) is 17.0 Å². The van der Waals surface area contributed by atoms with Crippen molar-refractivity contribution in [2.45, 2.75) is 25.7 Å². The first-order valence-electron chi connectivity index (χ1n) is 7.84. The van der Waals surface area contributed by atoms with Crippen molar-refractivity contribution in [1.29, 1.82) is 0 Å². The van der Waals surface area contributed by atoms with Crippen LogP contribution in [0.5, 0.6) is 0 Å². The number of fused-ring (bicyclic) bond motifs is 1. The Bertz CT molecular complexity index is 659. The van der Waals surface area contributed by atoms with E-state index in [4.69, 9.17) is 16.3 Å². The van der Waals surface area contributed by atoms with Gasteiger partial charge in [-0.15, -0.1) is 0 Å². The van der Waals surface area contributed by atoms with Gasteiger partial charge in [0.1, 0.15) is 0 Å². The Kier molecular flexibility index (Phi) is 5.33. The number of aromatic nitrogens is 2. The molecule has 0 radical (unpaired) electrons. The Morgan fingerprint density at radius 2 is 2.22 bits per heavy atom. The lowest BCUT2D eigenvalue weighted by molar-refractivity contribution is 0.00746. The largest absolute Gasteiger partial charge is 0.389 e. The number of ether oxygens (including phenoxy) is 1. The standard InChI is InChI=1S/C17H22ClN3O2/c1-20-12-19-16-9-21(7-6-17(16)20)8-14(22)11-23-10-13-4-2-3-5-15(13)18/h2-5,12,14,22H,6-11H2,1H3. The minimum absolute atomic E-state index is 0.302. The molecule has 0 spiro atoms. The van der Waals surface area contributed by atoms with Crippen LogP contribution in [0.3, 0.4) is 0 Å². The SMILES string of the molecule is Cn1cnc2c1CCN(CC(O)COCc1ccccc1Cl)C2. The summed E-state index contributed by atoms with van der Waals surface area (Å²) in [6, 6.07) is 7.60. The number of halogens is 1. The molecule has 6 heteroatoms. The van der Waals surface area contributed by atoms with Crippen molar-refractivity contribution in [3.05, 3.63) is 52.6 Å². The first-order valence-corrected chi connectivity index (χ1v) is 8.22. The van der Waals surface area contributed by atoms with E-state index < -0.39 is 6.10 Å². The molecular formula is C17H22ClN3O2. The number of nitrogens with zero attached hydrogens (tertiary/aromatic N) is 3. The summed E-state index contributed by atoms with van der Waals surface area (Å²) in [7, 11) is 2.03. The number of benzene rings is 1. The molecule has 0 amide bonds. The first kappa shape index (κ1) is 16.5. The molecule has 1 aromatic heterocycles. The Labute approximate surface area is 141 Å². The third-order valence-corrected chi connectivity index (χ3v) is 4.55. The van der Waals surface area contributed by atoms with Crippen LogP contribution in [-0.4, -0.2) is 45.4 Å². The first-order chi connectivity index (χ1) is 11.1. The fourth-order valence-electron chi connectivity index (χ4n) is 2.94. The van der Waals surface area contributed by atoms with E-state index >= 15 is 0 Å². The molecule has 0 saturated carbocycles. The van der Waals surface area contributed by atoms with E-state index in [1.807, 2.05) is 37.6 Å². The van der Waals surface area contributed by atoms with Crippen LogP contribution in [0.2, 0.25) is 5.02 Å². The van der Waals surface area contributed by atoms with Crippen LogP contribution in [-0.2, 0) is 31.4 Å². The summed E-state index contributed by atoms with van der Waals surface area (Å²) in [5.41, 5.74) is 3.35. The molecule has 1 atom stereocenters. The Morgan fingerprint density at radius 3 is 3.04 bits per heavy atom. The van der Waals surface area contributed by atoms with Gasteiger partial charge in [0, 0.05) is 43.8 Å². The molecule has 0 bridgehead atoms. The molecule has 2 aromatic rings. The second kappa shape index (κ2) is 7.45. The number of hydrogen-bond donors (Lipinski definition) is 1. The van der Waals surface area contributed by atoms with E-state index in [2.05, 4.69) is 14.5 Å². The number of rotatable bonds is 6.